The molecule has 0 radical (unpaired) electrons. The summed E-state index contributed by atoms with van der Waals surface area (Å²) in [6.07, 6.45) is 7.71. The first kappa shape index (κ1) is 17.2. The average molecular weight is 383 g/mol. The predicted octanol–water partition coefficient (Wildman–Crippen LogP) is 4.73. The molecule has 4 fully saturated rings. The smallest absolute Gasteiger partial charge is 0.251 e. The van der Waals surface area contributed by atoms with Gasteiger partial charge in [-0.05, 0) is 87.5 Å². The number of amides is 1. The van der Waals surface area contributed by atoms with Gasteiger partial charge in [-0.2, -0.15) is 0 Å². The van der Waals surface area contributed by atoms with E-state index in [1.165, 1.54) is 38.5 Å². The zero-order chi connectivity index (χ0) is 18.4. The first-order valence-electron chi connectivity index (χ1n) is 10.0. The molecule has 2 aromatic rings. The molecule has 4 saturated carbocycles. The first-order valence-corrected chi connectivity index (χ1v) is 10.9. The van der Waals surface area contributed by atoms with Gasteiger partial charge >= 0.3 is 0 Å². The molecule has 4 aliphatic carbocycles. The van der Waals surface area contributed by atoms with Gasteiger partial charge in [0, 0.05) is 22.2 Å². The molecule has 6 rings (SSSR count). The molecule has 142 valence electrons. The van der Waals surface area contributed by atoms with Gasteiger partial charge in [0.15, 0.2) is 0 Å². The van der Waals surface area contributed by atoms with E-state index < -0.39 is 0 Å². The molecule has 0 unspecified atom stereocenters. The Kier molecular flexibility index (Phi) is 4.23. The highest BCUT2D eigenvalue weighted by Gasteiger charge is 2.51. The second-order valence-corrected chi connectivity index (χ2v) is 9.79. The van der Waals surface area contributed by atoms with Crippen LogP contribution in [0.15, 0.2) is 29.6 Å². The number of nitrogens with one attached hydrogen (secondary N) is 1. The third-order valence-corrected chi connectivity index (χ3v) is 7.50. The lowest BCUT2D eigenvalue weighted by Gasteiger charge is -2.56. The number of thiazole rings is 1. The molecular weight excluding hydrogens is 356 g/mol. The van der Waals surface area contributed by atoms with Gasteiger partial charge in [0.25, 0.3) is 5.91 Å². The monoisotopic (exact) mass is 382 g/mol. The zero-order valence-corrected chi connectivity index (χ0v) is 16.6. The number of hydrogen-bond donors (Lipinski definition) is 1. The van der Waals surface area contributed by atoms with Crippen LogP contribution < -0.4 is 10.1 Å². The van der Waals surface area contributed by atoms with Crippen molar-refractivity contribution in [1.29, 1.82) is 0 Å². The lowest BCUT2D eigenvalue weighted by molar-refractivity contribution is -0.0167. The van der Waals surface area contributed by atoms with Gasteiger partial charge in [0.2, 0.25) is 0 Å². The van der Waals surface area contributed by atoms with Gasteiger partial charge in [-0.1, -0.05) is 0 Å². The quantitative estimate of drug-likeness (QED) is 0.813. The SMILES string of the molecule is Cc1csc(COc2ccc(C(=O)NC34CC5CC(CC(C5)C3)C4)cc2)n1. The Morgan fingerprint density at radius 1 is 1.15 bits per heavy atom. The van der Waals surface area contributed by atoms with E-state index in [-0.39, 0.29) is 11.4 Å². The summed E-state index contributed by atoms with van der Waals surface area (Å²) in [5.41, 5.74) is 1.81. The summed E-state index contributed by atoms with van der Waals surface area (Å²) in [7, 11) is 0. The van der Waals surface area contributed by atoms with Crippen LogP contribution in [0.3, 0.4) is 0 Å². The second-order valence-electron chi connectivity index (χ2n) is 8.85. The number of aromatic nitrogens is 1. The van der Waals surface area contributed by atoms with Gasteiger partial charge in [-0.25, -0.2) is 4.98 Å². The molecule has 4 bridgehead atoms. The minimum absolute atomic E-state index is 0.0592. The van der Waals surface area contributed by atoms with Crippen molar-refractivity contribution in [3.05, 3.63) is 45.9 Å². The fraction of sp³-hybridized carbons (Fsp3) is 0.545. The van der Waals surface area contributed by atoms with Crippen LogP contribution in [0, 0.1) is 24.7 Å². The summed E-state index contributed by atoms with van der Waals surface area (Å²) in [6.45, 7) is 2.45. The zero-order valence-electron chi connectivity index (χ0n) is 15.7. The average Bonchev–Trinajstić information content (AvgIpc) is 3.04. The molecule has 1 N–H and O–H groups in total. The summed E-state index contributed by atoms with van der Waals surface area (Å²) in [6, 6.07) is 7.51. The van der Waals surface area contributed by atoms with Crippen LogP contribution in [0.2, 0.25) is 0 Å². The summed E-state index contributed by atoms with van der Waals surface area (Å²) >= 11 is 1.61. The molecule has 1 aromatic carbocycles. The molecule has 0 spiro atoms. The Bertz CT molecular complexity index is 807. The maximum absolute atomic E-state index is 12.9. The van der Waals surface area contributed by atoms with Gasteiger partial charge in [-0.3, -0.25) is 4.79 Å². The lowest BCUT2D eigenvalue weighted by atomic mass is 9.53. The highest BCUT2D eigenvalue weighted by Crippen LogP contribution is 2.55. The Hall–Kier alpha value is -1.88. The minimum Gasteiger partial charge on any atom is -0.486 e. The summed E-state index contributed by atoms with van der Waals surface area (Å²) < 4.78 is 5.79. The predicted molar refractivity (Wildman–Crippen MR) is 106 cm³/mol. The standard InChI is InChI=1S/C22H26N2O2S/c1-14-13-27-20(23-14)12-26-19-4-2-18(3-5-19)21(25)24-22-9-15-6-16(10-22)8-17(7-15)11-22/h2-5,13,15-17H,6-12H2,1H3,(H,24,25). The highest BCUT2D eigenvalue weighted by molar-refractivity contribution is 7.09. The minimum atomic E-state index is 0.0592. The maximum atomic E-state index is 12.9. The third-order valence-electron chi connectivity index (χ3n) is 6.56. The summed E-state index contributed by atoms with van der Waals surface area (Å²) in [4.78, 5) is 17.3. The Balaban J connectivity index is 1.22. The Morgan fingerprint density at radius 2 is 1.78 bits per heavy atom. The number of benzene rings is 1. The van der Waals surface area contributed by atoms with Crippen LogP contribution in [0.5, 0.6) is 5.75 Å². The molecule has 5 heteroatoms. The molecule has 0 saturated heterocycles. The molecule has 0 atom stereocenters. The van der Waals surface area contributed by atoms with E-state index in [0.717, 1.165) is 39.8 Å². The van der Waals surface area contributed by atoms with E-state index in [9.17, 15) is 4.79 Å². The third kappa shape index (κ3) is 3.49. The molecule has 1 amide bonds. The van der Waals surface area contributed by atoms with E-state index in [1.54, 1.807) is 11.3 Å². The fourth-order valence-corrected chi connectivity index (χ4v) is 6.58. The van der Waals surface area contributed by atoms with Crippen LogP contribution in [0.25, 0.3) is 0 Å². The fourth-order valence-electron chi connectivity index (χ4n) is 5.89. The molecule has 27 heavy (non-hydrogen) atoms. The van der Waals surface area contributed by atoms with Crippen LogP contribution in [0.1, 0.15) is 59.6 Å². The van der Waals surface area contributed by atoms with Gasteiger partial charge in [-0.15, -0.1) is 11.3 Å². The number of aryl methyl sites for hydroxylation is 1. The van der Waals surface area contributed by atoms with Crippen LogP contribution in [-0.2, 0) is 6.61 Å². The lowest BCUT2D eigenvalue weighted by Crippen LogP contribution is -2.59. The van der Waals surface area contributed by atoms with Crippen LogP contribution >= 0.6 is 11.3 Å². The van der Waals surface area contributed by atoms with Crippen molar-refractivity contribution in [2.24, 2.45) is 17.8 Å². The number of rotatable bonds is 5. The number of carbonyl (C=O) groups excluding carboxylic acids is 1. The molecular formula is C22H26N2O2S. The van der Waals surface area contributed by atoms with Crippen LogP contribution in [0.4, 0.5) is 0 Å². The van der Waals surface area contributed by atoms with E-state index >= 15 is 0 Å². The van der Waals surface area contributed by atoms with Crippen LogP contribution in [-0.4, -0.2) is 16.4 Å². The van der Waals surface area contributed by atoms with Crippen molar-refractivity contribution in [3.8, 4) is 5.75 Å². The Labute approximate surface area is 164 Å². The van der Waals surface area contributed by atoms with Crippen molar-refractivity contribution < 1.29 is 9.53 Å². The molecule has 1 heterocycles. The number of hydrogen-bond acceptors (Lipinski definition) is 4. The van der Waals surface area contributed by atoms with Crippen molar-refractivity contribution in [2.45, 2.75) is 57.6 Å². The first-order chi connectivity index (χ1) is 13.1. The molecule has 4 aliphatic rings. The number of nitrogens with zero attached hydrogens (tertiary/aromatic N) is 1. The van der Waals surface area contributed by atoms with E-state index in [2.05, 4.69) is 10.3 Å². The van der Waals surface area contributed by atoms with Gasteiger partial charge in [0.05, 0.1) is 0 Å². The second kappa shape index (κ2) is 6.62. The molecule has 1 aromatic heterocycles. The van der Waals surface area contributed by atoms with E-state index in [1.807, 2.05) is 36.6 Å². The van der Waals surface area contributed by atoms with Crippen molar-refractivity contribution in [3.63, 3.8) is 0 Å². The van der Waals surface area contributed by atoms with Crippen molar-refractivity contribution in [1.82, 2.24) is 10.3 Å². The normalized spacial score (nSPS) is 31.1. The largest absolute Gasteiger partial charge is 0.486 e. The van der Waals surface area contributed by atoms with Gasteiger partial charge in [0.1, 0.15) is 17.4 Å². The Morgan fingerprint density at radius 3 is 2.33 bits per heavy atom. The van der Waals surface area contributed by atoms with Gasteiger partial charge < -0.3 is 10.1 Å². The molecule has 0 aliphatic heterocycles. The summed E-state index contributed by atoms with van der Waals surface area (Å²) in [5.74, 6) is 3.35. The summed E-state index contributed by atoms with van der Waals surface area (Å²) in [5, 5.41) is 6.43. The number of ether oxygens (including phenoxy) is 1. The number of carbonyl (C=O) groups is 1. The molecule has 4 nitrogen and oxygen atoms in total. The highest BCUT2D eigenvalue weighted by atomic mass is 32.1. The van der Waals surface area contributed by atoms with Crippen molar-refractivity contribution >= 4 is 17.2 Å². The maximum Gasteiger partial charge on any atom is 0.251 e. The van der Waals surface area contributed by atoms with E-state index in [4.69, 9.17) is 4.74 Å². The topological polar surface area (TPSA) is 51.2 Å². The van der Waals surface area contributed by atoms with E-state index in [0.29, 0.717) is 6.61 Å². The van der Waals surface area contributed by atoms with Crippen molar-refractivity contribution in [2.75, 3.05) is 0 Å².